The normalized spacial score (nSPS) is 20.9. The van der Waals surface area contributed by atoms with Crippen LogP contribution in [0.5, 0.6) is 5.75 Å². The average Bonchev–Trinajstić information content (AvgIpc) is 4.27. The van der Waals surface area contributed by atoms with Crippen molar-refractivity contribution in [2.24, 2.45) is 35.5 Å². The Morgan fingerprint density at radius 3 is 1.69 bits per heavy atom. The van der Waals surface area contributed by atoms with Crippen LogP contribution < -0.4 is 14.5 Å². The van der Waals surface area contributed by atoms with Crippen LogP contribution in [-0.4, -0.2) is 73.2 Å². The molecule has 2 aliphatic carbocycles. The largest absolute Gasteiger partial charge is 0.497 e. The maximum Gasteiger partial charge on any atom is 0.225 e. The highest BCUT2D eigenvalue weighted by Crippen LogP contribution is 2.51. The minimum atomic E-state index is 0.597. The monoisotopic (exact) mass is 938 g/mol. The Bertz CT molecular complexity index is 2720. The number of rotatable bonds is 15. The number of aromatic nitrogens is 8. The zero-order valence-electron chi connectivity index (χ0n) is 39.3. The van der Waals surface area contributed by atoms with Crippen LogP contribution in [-0.2, 0) is 19.4 Å². The number of aromatic amines is 1. The van der Waals surface area contributed by atoms with E-state index in [2.05, 4.69) is 107 Å². The summed E-state index contributed by atoms with van der Waals surface area (Å²) in [6, 6.07) is 21.9. The van der Waals surface area contributed by atoms with Gasteiger partial charge in [0, 0.05) is 42.6 Å². The van der Waals surface area contributed by atoms with Crippen LogP contribution in [0.15, 0.2) is 85.5 Å². The van der Waals surface area contributed by atoms with E-state index in [-0.39, 0.29) is 0 Å². The number of benzene rings is 3. The van der Waals surface area contributed by atoms with Gasteiger partial charge in [-0.1, -0.05) is 47.5 Å². The number of piperidine rings is 2. The number of nitrogens with one attached hydrogen (secondary N) is 1. The van der Waals surface area contributed by atoms with Crippen LogP contribution in [0.3, 0.4) is 0 Å². The van der Waals surface area contributed by atoms with Crippen molar-refractivity contribution < 1.29 is 4.74 Å². The van der Waals surface area contributed by atoms with Crippen molar-refractivity contribution in [1.29, 1.82) is 0 Å². The SMILES string of the molecule is COc1ccc(Cn2nc(C)c3cc(CCCC4C[C@@H]4C4CCN(c5ncc(Cl)cn5)CC4)ccc32)cc1.Cc1[nH]nc2ccc(CCCC3C[C@@H]3C3CCN(c4ncc(Cl)cn4)CC3)cc12. The highest BCUT2D eigenvalue weighted by molar-refractivity contribution is 6.30. The lowest BCUT2D eigenvalue weighted by Crippen LogP contribution is -2.35. The zero-order chi connectivity index (χ0) is 45.9. The standard InChI is InChI=1S/C31H36ClN5O.C23H28ClN5/c1-21-28-16-22(8-11-30(28)37(35-21)20-23-6-9-27(38-2)10-7-23)4-3-5-25-17-29(25)24-12-14-36(15-13-24)31-33-18-26(32)19-34-31;1-15-20-11-16(5-6-22(20)28-27-15)3-2-4-18-12-21(18)17-7-9-29(10-8-17)23-25-13-19(24)14-26-23/h6-11,16,18-19,24-25,29H,3-5,12-15,17,20H2,1-2H3;5-6,11,13-14,17-18,21H,2-4,7-10,12H2,1H3,(H,27,28)/t25?,29-;18?,21-/m11/s1. The predicted octanol–water partition coefficient (Wildman–Crippen LogP) is 11.9. The van der Waals surface area contributed by atoms with Gasteiger partial charge in [0.2, 0.25) is 11.9 Å². The second-order valence-electron chi connectivity index (χ2n) is 19.8. The number of H-pyrrole nitrogens is 1. The summed E-state index contributed by atoms with van der Waals surface area (Å²) < 4.78 is 7.41. The molecule has 0 amide bonds. The fourth-order valence-corrected chi connectivity index (χ4v) is 11.6. The lowest BCUT2D eigenvalue weighted by Gasteiger charge is -2.32. The van der Waals surface area contributed by atoms with Gasteiger partial charge in [-0.3, -0.25) is 9.78 Å². The van der Waals surface area contributed by atoms with Crippen molar-refractivity contribution >= 4 is 56.9 Å². The van der Waals surface area contributed by atoms with Gasteiger partial charge >= 0.3 is 0 Å². The highest BCUT2D eigenvalue weighted by atomic mass is 35.5. The molecule has 2 saturated carbocycles. The summed E-state index contributed by atoms with van der Waals surface area (Å²) in [6.07, 6.45) is 22.3. The molecular formula is C54H64Cl2N10O. The van der Waals surface area contributed by atoms with E-state index < -0.39 is 0 Å². The molecule has 1 N–H and O–H groups in total. The molecule has 2 unspecified atom stereocenters. The Labute approximate surface area is 405 Å². The molecule has 0 bridgehead atoms. The van der Waals surface area contributed by atoms with Gasteiger partial charge in [-0.2, -0.15) is 10.2 Å². The molecule has 4 aromatic heterocycles. The van der Waals surface area contributed by atoms with E-state index in [4.69, 9.17) is 33.0 Å². The van der Waals surface area contributed by atoms with Gasteiger partial charge in [-0.15, -0.1) is 0 Å². The summed E-state index contributed by atoms with van der Waals surface area (Å²) in [5, 5.41) is 16.0. The first kappa shape index (κ1) is 45.5. The van der Waals surface area contributed by atoms with E-state index in [1.807, 2.05) is 12.1 Å². The minimum absolute atomic E-state index is 0.597. The molecule has 11 rings (SSSR count). The van der Waals surface area contributed by atoms with Crippen molar-refractivity contribution in [3.05, 3.63) is 124 Å². The number of hydrogen-bond donors (Lipinski definition) is 1. The first-order valence-electron chi connectivity index (χ1n) is 24.7. The summed E-state index contributed by atoms with van der Waals surface area (Å²) in [5.74, 6) is 7.99. The smallest absolute Gasteiger partial charge is 0.225 e. The molecule has 13 heteroatoms. The lowest BCUT2D eigenvalue weighted by molar-refractivity contribution is 0.341. The fraction of sp³-hybridized carbons (Fsp3) is 0.481. The van der Waals surface area contributed by atoms with Crippen LogP contribution in [0.25, 0.3) is 21.8 Å². The van der Waals surface area contributed by atoms with Crippen LogP contribution in [0.2, 0.25) is 10.0 Å². The fourth-order valence-electron chi connectivity index (χ4n) is 11.4. The number of aryl methyl sites for hydroxylation is 4. The van der Waals surface area contributed by atoms with Crippen LogP contribution in [0.1, 0.15) is 92.3 Å². The van der Waals surface area contributed by atoms with Crippen molar-refractivity contribution in [3.63, 3.8) is 0 Å². The molecule has 2 aliphatic heterocycles. The summed E-state index contributed by atoms with van der Waals surface area (Å²) in [4.78, 5) is 22.1. The minimum Gasteiger partial charge on any atom is -0.497 e. The molecule has 350 valence electrons. The van der Waals surface area contributed by atoms with Gasteiger partial charge in [0.15, 0.2) is 0 Å². The number of nitrogens with zero attached hydrogens (tertiary/aromatic N) is 9. The molecule has 0 radical (unpaired) electrons. The molecule has 2 saturated heterocycles. The second-order valence-corrected chi connectivity index (χ2v) is 20.7. The van der Waals surface area contributed by atoms with Gasteiger partial charge in [0.1, 0.15) is 5.75 Å². The number of fused-ring (bicyclic) bond motifs is 2. The maximum absolute atomic E-state index is 5.94. The topological polar surface area (TPSA) is 114 Å². The summed E-state index contributed by atoms with van der Waals surface area (Å²) in [7, 11) is 1.70. The maximum atomic E-state index is 5.94. The highest BCUT2D eigenvalue weighted by Gasteiger charge is 2.44. The predicted molar refractivity (Wildman–Crippen MR) is 270 cm³/mol. The van der Waals surface area contributed by atoms with Crippen LogP contribution >= 0.6 is 23.2 Å². The molecule has 67 heavy (non-hydrogen) atoms. The molecular weight excluding hydrogens is 876 g/mol. The molecule has 4 fully saturated rings. The molecule has 4 atom stereocenters. The van der Waals surface area contributed by atoms with Gasteiger partial charge in [0.25, 0.3) is 0 Å². The quantitative estimate of drug-likeness (QED) is 0.107. The number of methoxy groups -OCH3 is 1. The molecule has 3 aromatic carbocycles. The van der Waals surface area contributed by atoms with Gasteiger partial charge in [0.05, 0.1) is 65.2 Å². The third-order valence-corrected chi connectivity index (χ3v) is 15.8. The first-order valence-corrected chi connectivity index (χ1v) is 25.5. The van der Waals surface area contributed by atoms with Gasteiger partial charge in [-0.25, -0.2) is 19.9 Å². The van der Waals surface area contributed by atoms with Crippen molar-refractivity contribution in [1.82, 2.24) is 39.9 Å². The third-order valence-electron chi connectivity index (χ3n) is 15.4. The van der Waals surface area contributed by atoms with Crippen LogP contribution in [0, 0.1) is 49.4 Å². The second kappa shape index (κ2) is 20.5. The average molecular weight is 940 g/mol. The van der Waals surface area contributed by atoms with E-state index in [0.717, 1.165) is 104 Å². The van der Waals surface area contributed by atoms with Gasteiger partial charge in [-0.05, 0) is 179 Å². The van der Waals surface area contributed by atoms with Crippen molar-refractivity contribution in [2.45, 2.75) is 97.4 Å². The van der Waals surface area contributed by atoms with Crippen molar-refractivity contribution in [2.75, 3.05) is 43.1 Å². The molecule has 4 aliphatic rings. The van der Waals surface area contributed by atoms with Gasteiger partial charge < -0.3 is 14.5 Å². The first-order chi connectivity index (χ1) is 32.7. The van der Waals surface area contributed by atoms with E-state index in [9.17, 15) is 0 Å². The Morgan fingerprint density at radius 1 is 0.642 bits per heavy atom. The summed E-state index contributed by atoms with van der Waals surface area (Å²) in [5.41, 5.74) is 8.65. The number of halogens is 2. The Balaban J connectivity index is 0.000000162. The number of ether oxygens (including phenoxy) is 1. The van der Waals surface area contributed by atoms with E-state index in [1.165, 1.54) is 109 Å². The number of anilines is 2. The zero-order valence-corrected chi connectivity index (χ0v) is 40.8. The van der Waals surface area contributed by atoms with Crippen LogP contribution in [0.4, 0.5) is 11.9 Å². The van der Waals surface area contributed by atoms with E-state index in [0.29, 0.717) is 10.0 Å². The lowest BCUT2D eigenvalue weighted by atomic mass is 9.90. The summed E-state index contributed by atoms with van der Waals surface area (Å²) >= 11 is 11.8. The molecule has 0 spiro atoms. The van der Waals surface area contributed by atoms with Crippen molar-refractivity contribution in [3.8, 4) is 5.75 Å². The Kier molecular flexibility index (Phi) is 14.0. The Morgan fingerprint density at radius 2 is 1.15 bits per heavy atom. The molecule has 11 nitrogen and oxygen atoms in total. The van der Waals surface area contributed by atoms with E-state index >= 15 is 0 Å². The molecule has 6 heterocycles. The molecule has 7 aromatic rings. The van der Waals surface area contributed by atoms with E-state index in [1.54, 1.807) is 31.9 Å². The third kappa shape index (κ3) is 11.0. The number of hydrogen-bond acceptors (Lipinski definition) is 9. The summed E-state index contributed by atoms with van der Waals surface area (Å²) in [6.45, 7) is 9.23. The Hall–Kier alpha value is -5.26.